The average Bonchev–Trinajstić information content (AvgIpc) is 3.12. The SMILES string of the molecule is CS(=O)N1CCC2CC(CNO)N(S(=O)c3ccc(Oc4ccncc4)cc3)C2C1. The summed E-state index contributed by atoms with van der Waals surface area (Å²) >= 11 is 0. The van der Waals surface area contributed by atoms with Crippen molar-refractivity contribution in [1.29, 1.82) is 0 Å². The fourth-order valence-electron chi connectivity index (χ4n) is 4.30. The Morgan fingerprint density at radius 2 is 1.87 bits per heavy atom. The molecule has 0 amide bonds. The second kappa shape index (κ2) is 9.63. The molecule has 0 aliphatic carbocycles. The minimum atomic E-state index is -1.40. The summed E-state index contributed by atoms with van der Waals surface area (Å²) in [5, 5.41) is 9.29. The van der Waals surface area contributed by atoms with Gasteiger partial charge in [0.2, 0.25) is 0 Å². The van der Waals surface area contributed by atoms with Crippen LogP contribution in [0.2, 0.25) is 0 Å². The molecule has 30 heavy (non-hydrogen) atoms. The van der Waals surface area contributed by atoms with E-state index in [1.807, 2.05) is 20.7 Å². The fraction of sp³-hybridized carbons (Fsp3) is 0.450. The molecular formula is C20H26N4O4S2. The Morgan fingerprint density at radius 1 is 1.17 bits per heavy atom. The van der Waals surface area contributed by atoms with Crippen LogP contribution in [0.3, 0.4) is 0 Å². The van der Waals surface area contributed by atoms with Gasteiger partial charge in [-0.1, -0.05) is 0 Å². The van der Waals surface area contributed by atoms with Gasteiger partial charge >= 0.3 is 0 Å². The molecule has 3 heterocycles. The summed E-state index contributed by atoms with van der Waals surface area (Å²) in [6.45, 7) is 1.74. The highest BCUT2D eigenvalue weighted by Gasteiger charge is 2.47. The lowest BCUT2D eigenvalue weighted by Crippen LogP contribution is -2.51. The first kappa shape index (κ1) is 21.5. The Labute approximate surface area is 181 Å². The van der Waals surface area contributed by atoms with Crippen molar-refractivity contribution in [3.63, 3.8) is 0 Å². The summed E-state index contributed by atoms with van der Waals surface area (Å²) in [4.78, 5) is 4.64. The van der Waals surface area contributed by atoms with Crippen LogP contribution >= 0.6 is 0 Å². The van der Waals surface area contributed by atoms with E-state index in [9.17, 15) is 13.6 Å². The molecule has 8 nitrogen and oxygen atoms in total. The van der Waals surface area contributed by atoms with Gasteiger partial charge in [0.25, 0.3) is 0 Å². The van der Waals surface area contributed by atoms with E-state index in [1.165, 1.54) is 0 Å². The van der Waals surface area contributed by atoms with Gasteiger partial charge in [-0.2, -0.15) is 0 Å². The van der Waals surface area contributed by atoms with Crippen molar-refractivity contribution in [2.24, 2.45) is 5.92 Å². The van der Waals surface area contributed by atoms with Crippen LogP contribution in [0.25, 0.3) is 0 Å². The van der Waals surface area contributed by atoms with E-state index in [0.29, 0.717) is 35.4 Å². The minimum absolute atomic E-state index is 0.0366. The van der Waals surface area contributed by atoms with Crippen molar-refractivity contribution in [2.75, 3.05) is 25.9 Å². The van der Waals surface area contributed by atoms with E-state index in [-0.39, 0.29) is 12.1 Å². The zero-order chi connectivity index (χ0) is 21.1. The number of fused-ring (bicyclic) bond motifs is 1. The Morgan fingerprint density at radius 3 is 2.53 bits per heavy atom. The topological polar surface area (TPSA) is 95.0 Å². The van der Waals surface area contributed by atoms with Gasteiger partial charge in [-0.15, -0.1) is 0 Å². The zero-order valence-electron chi connectivity index (χ0n) is 16.7. The van der Waals surface area contributed by atoms with Crippen molar-refractivity contribution in [3.05, 3.63) is 48.8 Å². The van der Waals surface area contributed by atoms with Crippen LogP contribution in [-0.4, -0.2) is 65.2 Å². The number of hydrogen-bond acceptors (Lipinski definition) is 6. The molecule has 2 aliphatic heterocycles. The predicted octanol–water partition coefficient (Wildman–Crippen LogP) is 1.93. The molecule has 2 aromatic rings. The summed E-state index contributed by atoms with van der Waals surface area (Å²) in [6.07, 6.45) is 6.78. The van der Waals surface area contributed by atoms with Crippen molar-refractivity contribution < 1.29 is 18.4 Å². The number of aromatic nitrogens is 1. The molecule has 2 saturated heterocycles. The number of rotatable bonds is 7. The van der Waals surface area contributed by atoms with Crippen molar-refractivity contribution >= 4 is 22.0 Å². The third-order valence-corrected chi connectivity index (χ3v) is 8.42. The zero-order valence-corrected chi connectivity index (χ0v) is 18.3. The lowest BCUT2D eigenvalue weighted by molar-refractivity contribution is 0.141. The largest absolute Gasteiger partial charge is 0.457 e. The highest BCUT2D eigenvalue weighted by atomic mass is 32.2. The van der Waals surface area contributed by atoms with Crippen LogP contribution < -0.4 is 10.2 Å². The predicted molar refractivity (Wildman–Crippen MR) is 115 cm³/mol. The molecule has 2 aliphatic rings. The molecule has 2 N–H and O–H groups in total. The molecule has 1 aromatic carbocycles. The number of hydroxylamine groups is 1. The van der Waals surface area contributed by atoms with Crippen molar-refractivity contribution in [3.8, 4) is 11.5 Å². The number of nitrogens with one attached hydrogen (secondary N) is 1. The molecule has 4 rings (SSSR count). The summed E-state index contributed by atoms with van der Waals surface area (Å²) in [7, 11) is -2.45. The standard InChI is InChI=1S/C20H26N4O4S2/c1-29(26)23-11-8-15-12-16(13-22-25)24(20(15)14-23)30(27)19-4-2-17(3-5-19)28-18-6-9-21-10-7-18/h2-7,9-10,15-16,20,22,25H,8,11-14H2,1H3. The number of nitrogens with zero attached hydrogens (tertiary/aromatic N) is 3. The van der Waals surface area contributed by atoms with Gasteiger partial charge in [-0.05, 0) is 55.2 Å². The maximum Gasteiger partial charge on any atom is 0.130 e. The van der Waals surface area contributed by atoms with E-state index >= 15 is 0 Å². The molecule has 0 bridgehead atoms. The quantitative estimate of drug-likeness (QED) is 0.626. The molecule has 0 saturated carbocycles. The summed E-state index contributed by atoms with van der Waals surface area (Å²) in [5.41, 5.74) is 2.25. The Balaban J connectivity index is 1.52. The molecule has 1 aromatic heterocycles. The van der Waals surface area contributed by atoms with Gasteiger partial charge in [-0.3, -0.25) is 4.98 Å². The van der Waals surface area contributed by atoms with Crippen LogP contribution in [0.4, 0.5) is 0 Å². The van der Waals surface area contributed by atoms with Crippen LogP contribution in [0.1, 0.15) is 12.8 Å². The fourth-order valence-corrected chi connectivity index (χ4v) is 6.55. The number of benzene rings is 1. The number of hydrogen-bond donors (Lipinski definition) is 2. The summed E-state index contributed by atoms with van der Waals surface area (Å²) in [5.74, 6) is 1.71. The maximum absolute atomic E-state index is 13.5. The summed E-state index contributed by atoms with van der Waals surface area (Å²) < 4.78 is 35.2. The highest BCUT2D eigenvalue weighted by Crippen LogP contribution is 2.38. The monoisotopic (exact) mass is 450 g/mol. The highest BCUT2D eigenvalue weighted by molar-refractivity contribution is 7.82. The summed E-state index contributed by atoms with van der Waals surface area (Å²) in [6, 6.07) is 10.7. The van der Waals surface area contributed by atoms with Gasteiger partial charge in [0, 0.05) is 50.4 Å². The van der Waals surface area contributed by atoms with Crippen LogP contribution in [0.15, 0.2) is 53.7 Å². The molecule has 10 heteroatoms. The third kappa shape index (κ3) is 4.63. The van der Waals surface area contributed by atoms with Crippen LogP contribution in [0, 0.1) is 5.92 Å². The average molecular weight is 451 g/mol. The lowest BCUT2D eigenvalue weighted by Gasteiger charge is -2.37. The Kier molecular flexibility index (Phi) is 6.91. The lowest BCUT2D eigenvalue weighted by atomic mass is 9.92. The third-order valence-electron chi connectivity index (χ3n) is 5.74. The molecule has 0 radical (unpaired) electrons. The van der Waals surface area contributed by atoms with Crippen LogP contribution in [-0.2, 0) is 22.0 Å². The van der Waals surface area contributed by atoms with Gasteiger partial charge in [-0.25, -0.2) is 22.5 Å². The van der Waals surface area contributed by atoms with E-state index in [1.54, 1.807) is 42.9 Å². The first-order valence-corrected chi connectivity index (χ1v) is 12.5. The van der Waals surface area contributed by atoms with Gasteiger partial charge in [0.15, 0.2) is 0 Å². The maximum atomic E-state index is 13.5. The van der Waals surface area contributed by atoms with Crippen molar-refractivity contribution in [1.82, 2.24) is 19.1 Å². The number of pyridine rings is 1. The Hall–Kier alpha value is -1.69. The molecule has 2 fully saturated rings. The van der Waals surface area contributed by atoms with E-state index in [2.05, 4.69) is 10.5 Å². The molecule has 5 atom stereocenters. The van der Waals surface area contributed by atoms with Crippen molar-refractivity contribution in [2.45, 2.75) is 29.8 Å². The smallest absolute Gasteiger partial charge is 0.130 e. The van der Waals surface area contributed by atoms with Gasteiger partial charge < -0.3 is 9.94 Å². The molecular weight excluding hydrogens is 424 g/mol. The molecule has 5 unspecified atom stereocenters. The van der Waals surface area contributed by atoms with E-state index in [0.717, 1.165) is 19.4 Å². The van der Waals surface area contributed by atoms with Gasteiger partial charge in [0.05, 0.1) is 15.9 Å². The van der Waals surface area contributed by atoms with E-state index < -0.39 is 22.0 Å². The number of ether oxygens (including phenoxy) is 1. The second-order valence-corrected chi connectivity index (χ2v) is 10.3. The normalized spacial score (nSPS) is 26.8. The second-order valence-electron chi connectivity index (χ2n) is 7.55. The van der Waals surface area contributed by atoms with E-state index in [4.69, 9.17) is 4.74 Å². The number of piperidine rings is 1. The Bertz CT molecular complexity index is 899. The first-order valence-electron chi connectivity index (χ1n) is 9.90. The minimum Gasteiger partial charge on any atom is -0.457 e. The molecule has 0 spiro atoms. The van der Waals surface area contributed by atoms with Crippen LogP contribution in [0.5, 0.6) is 11.5 Å². The first-order chi connectivity index (χ1) is 14.6. The molecule has 162 valence electrons. The van der Waals surface area contributed by atoms with Gasteiger partial charge in [0.1, 0.15) is 22.5 Å².